The zero-order chi connectivity index (χ0) is 21.8. The molecule has 2 fully saturated rings. The van der Waals surface area contributed by atoms with E-state index in [1.807, 2.05) is 49.4 Å². The molecule has 0 radical (unpaired) electrons. The molecule has 2 amide bonds. The lowest BCUT2D eigenvalue weighted by molar-refractivity contribution is -0.122. The molecule has 2 aliphatic rings. The van der Waals surface area contributed by atoms with Gasteiger partial charge in [0.2, 0.25) is 5.91 Å². The molecule has 6 heteroatoms. The molecule has 4 rings (SSSR count). The minimum atomic E-state index is -1.22. The van der Waals surface area contributed by atoms with Gasteiger partial charge in [0.25, 0.3) is 5.91 Å². The van der Waals surface area contributed by atoms with Crippen molar-refractivity contribution < 1.29 is 14.0 Å². The van der Waals surface area contributed by atoms with Gasteiger partial charge in [-0.1, -0.05) is 48.0 Å². The number of alkyl halides is 1. The van der Waals surface area contributed by atoms with E-state index in [1.165, 1.54) is 0 Å². The Labute approximate surface area is 183 Å². The van der Waals surface area contributed by atoms with Crippen LogP contribution in [0.3, 0.4) is 0 Å². The topological polar surface area (TPSA) is 61.4 Å². The van der Waals surface area contributed by atoms with Crippen molar-refractivity contribution in [3.63, 3.8) is 0 Å². The van der Waals surface area contributed by atoms with Gasteiger partial charge in [0.05, 0.1) is 12.6 Å². The zero-order valence-corrected chi connectivity index (χ0v) is 17.9. The lowest BCUT2D eigenvalue weighted by Crippen LogP contribution is -2.63. The van der Waals surface area contributed by atoms with Crippen molar-refractivity contribution in [2.24, 2.45) is 0 Å². The number of nitrogens with one attached hydrogen (secondary N) is 2. The average Bonchev–Trinajstić information content (AvgIpc) is 2.76. The molecule has 0 aromatic heterocycles. The van der Waals surface area contributed by atoms with Gasteiger partial charge < -0.3 is 10.6 Å². The largest absolute Gasteiger partial charge is 0.349 e. The van der Waals surface area contributed by atoms with Gasteiger partial charge in [0.15, 0.2) is 0 Å². The predicted octanol–water partition coefficient (Wildman–Crippen LogP) is 3.33. The lowest BCUT2D eigenvalue weighted by Gasteiger charge is -2.47. The van der Waals surface area contributed by atoms with Crippen molar-refractivity contribution in [3.8, 4) is 0 Å². The number of carbonyl (C=O) groups excluding carboxylic acids is 2. The van der Waals surface area contributed by atoms with Crippen LogP contribution in [0.2, 0.25) is 0 Å². The quantitative estimate of drug-likeness (QED) is 0.749. The summed E-state index contributed by atoms with van der Waals surface area (Å²) >= 11 is 0. The van der Waals surface area contributed by atoms with Crippen LogP contribution in [-0.2, 0) is 10.5 Å². The monoisotopic (exact) mass is 423 g/mol. The fraction of sp³-hybridized carbons (Fsp3) is 0.440. The van der Waals surface area contributed by atoms with Gasteiger partial charge in [-0.15, -0.1) is 0 Å². The lowest BCUT2D eigenvalue weighted by atomic mass is 9.78. The van der Waals surface area contributed by atoms with Crippen LogP contribution >= 0.6 is 0 Å². The second kappa shape index (κ2) is 9.18. The second-order valence-corrected chi connectivity index (χ2v) is 8.83. The molecule has 0 atom stereocenters. The Morgan fingerprint density at radius 3 is 2.45 bits per heavy atom. The van der Waals surface area contributed by atoms with Gasteiger partial charge >= 0.3 is 0 Å². The van der Waals surface area contributed by atoms with Gasteiger partial charge in [0.1, 0.15) is 5.67 Å². The van der Waals surface area contributed by atoms with Crippen LogP contribution in [0.4, 0.5) is 4.39 Å². The molecule has 2 N–H and O–H groups in total. The highest BCUT2D eigenvalue weighted by atomic mass is 19.1. The van der Waals surface area contributed by atoms with E-state index < -0.39 is 5.67 Å². The van der Waals surface area contributed by atoms with Crippen LogP contribution < -0.4 is 10.6 Å². The predicted molar refractivity (Wildman–Crippen MR) is 118 cm³/mol. The molecule has 1 saturated carbocycles. The van der Waals surface area contributed by atoms with E-state index in [9.17, 15) is 9.59 Å². The van der Waals surface area contributed by atoms with Gasteiger partial charge in [0, 0.05) is 24.7 Å². The van der Waals surface area contributed by atoms with Crippen LogP contribution in [0.1, 0.15) is 47.2 Å². The highest BCUT2D eigenvalue weighted by Gasteiger charge is 2.41. The maximum Gasteiger partial charge on any atom is 0.251 e. The molecule has 0 bridgehead atoms. The number of amides is 2. The van der Waals surface area contributed by atoms with E-state index >= 15 is 4.39 Å². The van der Waals surface area contributed by atoms with Crippen LogP contribution in [0, 0.1) is 6.92 Å². The summed E-state index contributed by atoms with van der Waals surface area (Å²) in [5.41, 5.74) is 1.13. The molecule has 1 heterocycles. The standard InChI is InChI=1S/C25H30FN3O2/c1-18-6-5-7-19(14-18)24(31)27-15-23(30)28-21-16-29(17-21)22-10-12-25(26,13-11-22)20-8-3-2-4-9-20/h2-9,14,21-22H,10-13,15-17H2,1H3,(H,27,31)(H,28,30)/t22-,25-. The van der Waals surface area contributed by atoms with E-state index in [4.69, 9.17) is 0 Å². The fourth-order valence-electron chi connectivity index (χ4n) is 4.68. The fourth-order valence-corrected chi connectivity index (χ4v) is 4.68. The Balaban J connectivity index is 1.16. The van der Waals surface area contributed by atoms with E-state index in [2.05, 4.69) is 15.5 Å². The Bertz CT molecular complexity index is 919. The highest BCUT2D eigenvalue weighted by molar-refractivity contribution is 5.96. The molecule has 1 aliphatic carbocycles. The van der Waals surface area contributed by atoms with E-state index in [1.54, 1.807) is 12.1 Å². The summed E-state index contributed by atoms with van der Waals surface area (Å²) in [4.78, 5) is 26.7. The number of carbonyl (C=O) groups is 2. The average molecular weight is 424 g/mol. The first-order valence-electron chi connectivity index (χ1n) is 11.1. The molecule has 164 valence electrons. The van der Waals surface area contributed by atoms with Gasteiger partial charge in [-0.25, -0.2) is 4.39 Å². The first kappa shape index (κ1) is 21.5. The van der Waals surface area contributed by atoms with Gasteiger partial charge in [-0.05, 0) is 50.3 Å². The number of hydrogen-bond donors (Lipinski definition) is 2. The summed E-state index contributed by atoms with van der Waals surface area (Å²) in [6, 6.07) is 17.2. The third-order valence-electron chi connectivity index (χ3n) is 6.52. The third kappa shape index (κ3) is 5.13. The molecule has 5 nitrogen and oxygen atoms in total. The number of benzene rings is 2. The Kier molecular flexibility index (Phi) is 6.37. The number of rotatable bonds is 6. The Morgan fingerprint density at radius 1 is 1.06 bits per heavy atom. The second-order valence-electron chi connectivity index (χ2n) is 8.83. The Hall–Kier alpha value is -2.73. The smallest absolute Gasteiger partial charge is 0.251 e. The minimum Gasteiger partial charge on any atom is -0.349 e. The van der Waals surface area contributed by atoms with E-state index in [0.717, 1.165) is 37.1 Å². The van der Waals surface area contributed by atoms with Crippen molar-refractivity contribution >= 4 is 11.8 Å². The van der Waals surface area contributed by atoms with E-state index in [0.29, 0.717) is 24.4 Å². The maximum absolute atomic E-state index is 15.3. The van der Waals surface area contributed by atoms with E-state index in [-0.39, 0.29) is 24.4 Å². The number of halogens is 1. The summed E-state index contributed by atoms with van der Waals surface area (Å²) in [5.74, 6) is -0.425. The van der Waals surface area contributed by atoms with Crippen LogP contribution in [0.5, 0.6) is 0 Å². The van der Waals surface area contributed by atoms with Crippen molar-refractivity contribution in [2.45, 2.75) is 50.4 Å². The minimum absolute atomic E-state index is 0.0336. The molecule has 0 spiro atoms. The van der Waals surface area contributed by atoms with Crippen molar-refractivity contribution in [3.05, 3.63) is 71.3 Å². The molecule has 1 aliphatic heterocycles. The number of likely N-dealkylation sites (tertiary alicyclic amines) is 1. The van der Waals surface area contributed by atoms with Crippen molar-refractivity contribution in [1.82, 2.24) is 15.5 Å². The van der Waals surface area contributed by atoms with Crippen molar-refractivity contribution in [1.29, 1.82) is 0 Å². The highest BCUT2D eigenvalue weighted by Crippen LogP contribution is 2.42. The summed E-state index contributed by atoms with van der Waals surface area (Å²) in [6.07, 6.45) is 2.75. The normalized spacial score (nSPS) is 24.3. The Morgan fingerprint density at radius 2 is 1.77 bits per heavy atom. The number of aryl methyl sites for hydroxylation is 1. The van der Waals surface area contributed by atoms with Crippen molar-refractivity contribution in [2.75, 3.05) is 19.6 Å². The van der Waals surface area contributed by atoms with Gasteiger partial charge in [-0.2, -0.15) is 0 Å². The van der Waals surface area contributed by atoms with Gasteiger partial charge in [-0.3, -0.25) is 14.5 Å². The molecule has 1 saturated heterocycles. The first-order chi connectivity index (χ1) is 14.9. The molecular weight excluding hydrogens is 393 g/mol. The van der Waals surface area contributed by atoms with Crippen LogP contribution in [-0.4, -0.2) is 48.4 Å². The zero-order valence-electron chi connectivity index (χ0n) is 17.9. The summed E-state index contributed by atoms with van der Waals surface area (Å²) in [6.45, 7) is 3.46. The molecule has 31 heavy (non-hydrogen) atoms. The number of hydrogen-bond acceptors (Lipinski definition) is 3. The molecule has 2 aromatic rings. The number of nitrogens with zero attached hydrogens (tertiary/aromatic N) is 1. The maximum atomic E-state index is 15.3. The summed E-state index contributed by atoms with van der Waals surface area (Å²) in [5, 5.41) is 5.65. The molecular formula is C25H30FN3O2. The van der Waals surface area contributed by atoms with Crippen LogP contribution in [0.25, 0.3) is 0 Å². The molecule has 0 unspecified atom stereocenters. The SMILES string of the molecule is Cc1cccc(C(=O)NCC(=O)NC2CN([C@H]3CC[C@@](F)(c4ccccc4)CC3)C2)c1. The van der Waals surface area contributed by atoms with Crippen LogP contribution in [0.15, 0.2) is 54.6 Å². The first-order valence-corrected chi connectivity index (χ1v) is 11.1. The third-order valence-corrected chi connectivity index (χ3v) is 6.52. The summed E-state index contributed by atoms with van der Waals surface area (Å²) < 4.78 is 15.3. The molecule has 2 aromatic carbocycles. The summed E-state index contributed by atoms with van der Waals surface area (Å²) in [7, 11) is 0.